The van der Waals surface area contributed by atoms with E-state index in [1.54, 1.807) is 24.3 Å². The highest BCUT2D eigenvalue weighted by Gasteiger charge is 2.19. The molecule has 8 heteroatoms. The van der Waals surface area contributed by atoms with Crippen molar-refractivity contribution in [3.8, 4) is 0 Å². The van der Waals surface area contributed by atoms with Gasteiger partial charge in [0.2, 0.25) is 10.0 Å². The van der Waals surface area contributed by atoms with Crippen LogP contribution < -0.4 is 4.72 Å². The van der Waals surface area contributed by atoms with Gasteiger partial charge in [0.05, 0.1) is 11.9 Å². The first-order valence-electron chi connectivity index (χ1n) is 7.00. The lowest BCUT2D eigenvalue weighted by atomic mass is 10.1. The first-order valence-corrected chi connectivity index (χ1v) is 9.03. The van der Waals surface area contributed by atoms with E-state index in [2.05, 4.69) is 4.72 Å². The molecule has 0 aliphatic rings. The van der Waals surface area contributed by atoms with E-state index in [0.717, 1.165) is 12.1 Å². The largest absolute Gasteiger partial charge is 0.375 e. The van der Waals surface area contributed by atoms with E-state index in [1.165, 1.54) is 7.11 Å². The molecule has 1 N–H and O–H groups in total. The quantitative estimate of drug-likeness (QED) is 0.806. The predicted octanol–water partition coefficient (Wildman–Crippen LogP) is 3.43. The van der Waals surface area contributed by atoms with Crippen LogP contribution in [0.25, 0.3) is 0 Å². The van der Waals surface area contributed by atoms with Crippen molar-refractivity contribution in [1.29, 1.82) is 0 Å². The van der Waals surface area contributed by atoms with Crippen LogP contribution in [-0.4, -0.2) is 22.1 Å². The highest BCUT2D eigenvalue weighted by molar-refractivity contribution is 7.88. The van der Waals surface area contributed by atoms with Crippen LogP contribution in [0, 0.1) is 11.6 Å². The molecule has 0 saturated heterocycles. The SMILES string of the molecule is COC(CNS(=O)(=O)Cc1cc(F)cc(F)c1)c1ccccc1Cl. The summed E-state index contributed by atoms with van der Waals surface area (Å²) in [6, 6.07) is 9.55. The van der Waals surface area contributed by atoms with Gasteiger partial charge in [-0.3, -0.25) is 0 Å². The molecule has 1 atom stereocenters. The molecule has 4 nitrogen and oxygen atoms in total. The molecule has 2 rings (SSSR count). The third-order valence-corrected chi connectivity index (χ3v) is 4.97. The smallest absolute Gasteiger partial charge is 0.215 e. The van der Waals surface area contributed by atoms with Crippen molar-refractivity contribution in [2.24, 2.45) is 0 Å². The third kappa shape index (κ3) is 5.24. The van der Waals surface area contributed by atoms with E-state index in [0.29, 0.717) is 16.7 Å². The Labute approximate surface area is 144 Å². The Kier molecular flexibility index (Phi) is 6.28. The van der Waals surface area contributed by atoms with Crippen LogP contribution in [0.1, 0.15) is 17.2 Å². The topological polar surface area (TPSA) is 55.4 Å². The summed E-state index contributed by atoms with van der Waals surface area (Å²) in [7, 11) is -2.37. The molecule has 0 heterocycles. The van der Waals surface area contributed by atoms with Crippen LogP contribution in [0.15, 0.2) is 42.5 Å². The summed E-state index contributed by atoms with van der Waals surface area (Å²) in [6.07, 6.45) is -0.585. The maximum atomic E-state index is 13.1. The zero-order valence-electron chi connectivity index (χ0n) is 12.8. The fraction of sp³-hybridized carbons (Fsp3) is 0.250. The molecule has 0 aliphatic heterocycles. The van der Waals surface area contributed by atoms with Gasteiger partial charge in [-0.1, -0.05) is 29.8 Å². The van der Waals surface area contributed by atoms with E-state index in [-0.39, 0.29) is 12.1 Å². The van der Waals surface area contributed by atoms with E-state index in [1.807, 2.05) is 0 Å². The first-order chi connectivity index (χ1) is 11.3. The van der Waals surface area contributed by atoms with Gasteiger partial charge in [0, 0.05) is 30.3 Å². The number of nitrogens with one attached hydrogen (secondary N) is 1. The van der Waals surface area contributed by atoms with Gasteiger partial charge in [-0.25, -0.2) is 21.9 Å². The Morgan fingerprint density at radius 3 is 2.38 bits per heavy atom. The fourth-order valence-electron chi connectivity index (χ4n) is 2.22. The lowest BCUT2D eigenvalue weighted by molar-refractivity contribution is 0.107. The molecule has 0 saturated carbocycles. The van der Waals surface area contributed by atoms with Crippen molar-refractivity contribution < 1.29 is 21.9 Å². The van der Waals surface area contributed by atoms with Gasteiger partial charge in [-0.05, 0) is 23.8 Å². The molecular formula is C16H16ClF2NO3S. The summed E-state index contributed by atoms with van der Waals surface area (Å²) in [5.74, 6) is -2.20. The summed E-state index contributed by atoms with van der Waals surface area (Å²) < 4.78 is 58.2. The first kappa shape index (κ1) is 18.8. The summed E-state index contributed by atoms with van der Waals surface area (Å²) in [5, 5.41) is 0.454. The van der Waals surface area contributed by atoms with Crippen LogP contribution in [0.2, 0.25) is 5.02 Å². The normalized spacial score (nSPS) is 13.0. The van der Waals surface area contributed by atoms with E-state index in [4.69, 9.17) is 16.3 Å². The second-order valence-electron chi connectivity index (χ2n) is 5.13. The second kappa shape index (κ2) is 8.02. The number of rotatable bonds is 7. The number of halogens is 3. The minimum absolute atomic E-state index is 0.0201. The van der Waals surface area contributed by atoms with Crippen LogP contribution in [-0.2, 0) is 20.5 Å². The molecule has 0 bridgehead atoms. The highest BCUT2D eigenvalue weighted by atomic mass is 35.5. The minimum Gasteiger partial charge on any atom is -0.375 e. The lowest BCUT2D eigenvalue weighted by Gasteiger charge is -2.18. The molecule has 0 aromatic heterocycles. The zero-order chi connectivity index (χ0) is 17.7. The molecule has 2 aromatic rings. The number of benzene rings is 2. The van der Waals surface area contributed by atoms with E-state index in [9.17, 15) is 17.2 Å². The van der Waals surface area contributed by atoms with Crippen LogP contribution in [0.5, 0.6) is 0 Å². The van der Waals surface area contributed by atoms with Crippen LogP contribution >= 0.6 is 11.6 Å². The summed E-state index contributed by atoms with van der Waals surface area (Å²) in [6.45, 7) is -0.0552. The predicted molar refractivity (Wildman–Crippen MR) is 88.2 cm³/mol. The van der Waals surface area contributed by atoms with Gasteiger partial charge in [0.25, 0.3) is 0 Å². The Balaban J connectivity index is 2.07. The maximum Gasteiger partial charge on any atom is 0.215 e. The molecule has 2 aromatic carbocycles. The molecule has 0 fully saturated rings. The summed E-state index contributed by atoms with van der Waals surface area (Å²) >= 11 is 6.07. The van der Waals surface area contributed by atoms with Gasteiger partial charge in [0.15, 0.2) is 0 Å². The Morgan fingerprint density at radius 2 is 1.79 bits per heavy atom. The van der Waals surface area contributed by atoms with Gasteiger partial charge in [-0.15, -0.1) is 0 Å². The maximum absolute atomic E-state index is 13.1. The van der Waals surface area contributed by atoms with Crippen LogP contribution in [0.4, 0.5) is 8.78 Å². The van der Waals surface area contributed by atoms with Gasteiger partial charge < -0.3 is 4.74 Å². The van der Waals surface area contributed by atoms with E-state index < -0.39 is 33.5 Å². The molecule has 0 amide bonds. The third-order valence-electron chi connectivity index (χ3n) is 3.30. The molecule has 0 aliphatic carbocycles. The number of ether oxygens (including phenoxy) is 1. The van der Waals surface area contributed by atoms with Crippen LogP contribution in [0.3, 0.4) is 0 Å². The Hall–Kier alpha value is -1.54. The average Bonchev–Trinajstić information content (AvgIpc) is 2.47. The molecule has 1 unspecified atom stereocenters. The second-order valence-corrected chi connectivity index (χ2v) is 7.35. The molecular weight excluding hydrogens is 360 g/mol. The van der Waals surface area contributed by atoms with Crippen molar-refractivity contribution in [2.45, 2.75) is 11.9 Å². The number of methoxy groups -OCH3 is 1. The minimum atomic E-state index is -3.80. The van der Waals surface area contributed by atoms with Crippen molar-refractivity contribution >= 4 is 21.6 Å². The van der Waals surface area contributed by atoms with Crippen molar-refractivity contribution in [3.05, 3.63) is 70.2 Å². The molecule has 24 heavy (non-hydrogen) atoms. The monoisotopic (exact) mass is 375 g/mol. The average molecular weight is 376 g/mol. The van der Waals surface area contributed by atoms with Gasteiger partial charge in [-0.2, -0.15) is 0 Å². The fourth-order valence-corrected chi connectivity index (χ4v) is 3.59. The van der Waals surface area contributed by atoms with Gasteiger partial charge in [0.1, 0.15) is 11.6 Å². The molecule has 130 valence electrons. The zero-order valence-corrected chi connectivity index (χ0v) is 14.4. The molecule has 0 spiro atoms. The standard InChI is InChI=1S/C16H16ClF2NO3S/c1-23-16(14-4-2-3-5-15(14)17)9-20-24(21,22)10-11-6-12(18)8-13(19)7-11/h2-8,16,20H,9-10H2,1H3. The van der Waals surface area contributed by atoms with Crippen molar-refractivity contribution in [1.82, 2.24) is 4.72 Å². The molecule has 0 radical (unpaired) electrons. The van der Waals surface area contributed by atoms with Gasteiger partial charge >= 0.3 is 0 Å². The van der Waals surface area contributed by atoms with Crippen molar-refractivity contribution in [2.75, 3.05) is 13.7 Å². The Bertz CT molecular complexity index is 794. The number of hydrogen-bond acceptors (Lipinski definition) is 3. The number of hydrogen-bond donors (Lipinski definition) is 1. The summed E-state index contributed by atoms with van der Waals surface area (Å²) in [4.78, 5) is 0. The summed E-state index contributed by atoms with van der Waals surface area (Å²) in [5.41, 5.74) is 0.660. The Morgan fingerprint density at radius 1 is 1.17 bits per heavy atom. The highest BCUT2D eigenvalue weighted by Crippen LogP contribution is 2.24. The van der Waals surface area contributed by atoms with Crippen molar-refractivity contribution in [3.63, 3.8) is 0 Å². The van der Waals surface area contributed by atoms with E-state index >= 15 is 0 Å². The lowest BCUT2D eigenvalue weighted by Crippen LogP contribution is -2.30. The number of sulfonamides is 1.